The highest BCUT2D eigenvalue weighted by Crippen LogP contribution is 2.33. The van der Waals surface area contributed by atoms with Crippen molar-refractivity contribution >= 4 is 17.5 Å². The third-order valence-corrected chi connectivity index (χ3v) is 4.76. The predicted octanol–water partition coefficient (Wildman–Crippen LogP) is 4.29. The van der Waals surface area contributed by atoms with Gasteiger partial charge in [-0.2, -0.15) is 0 Å². The van der Waals surface area contributed by atoms with Gasteiger partial charge in [0.1, 0.15) is 17.5 Å². The Labute approximate surface area is 156 Å². The van der Waals surface area contributed by atoms with Crippen LogP contribution in [-0.4, -0.2) is 27.3 Å². The van der Waals surface area contributed by atoms with E-state index in [1.54, 1.807) is 29.4 Å². The number of likely N-dealkylation sites (tertiary alicyclic amines) is 1. The van der Waals surface area contributed by atoms with Crippen LogP contribution in [0, 0.1) is 0 Å². The van der Waals surface area contributed by atoms with Crippen LogP contribution in [0.3, 0.4) is 0 Å². The van der Waals surface area contributed by atoms with E-state index in [-0.39, 0.29) is 11.9 Å². The van der Waals surface area contributed by atoms with Crippen molar-refractivity contribution in [1.29, 1.82) is 0 Å². The SMILES string of the molecule is O=C(c1ccccn1)N1CCC[C@@H]1c1ncc(Cc2cccc(Cl)c2)o1. The van der Waals surface area contributed by atoms with Crippen LogP contribution in [0.2, 0.25) is 5.02 Å². The van der Waals surface area contributed by atoms with Crippen LogP contribution in [0.1, 0.15) is 46.6 Å². The summed E-state index contributed by atoms with van der Waals surface area (Å²) >= 11 is 6.04. The summed E-state index contributed by atoms with van der Waals surface area (Å²) < 4.78 is 5.96. The third-order valence-electron chi connectivity index (χ3n) is 4.52. The molecule has 6 heteroatoms. The molecule has 1 aliphatic heterocycles. The Morgan fingerprint density at radius 1 is 1.23 bits per heavy atom. The molecule has 0 saturated carbocycles. The Kier molecular flexibility index (Phi) is 4.71. The number of halogens is 1. The largest absolute Gasteiger partial charge is 0.443 e. The van der Waals surface area contributed by atoms with Crippen LogP contribution in [0.4, 0.5) is 0 Å². The van der Waals surface area contributed by atoms with E-state index in [0.29, 0.717) is 29.6 Å². The van der Waals surface area contributed by atoms with Gasteiger partial charge in [0.15, 0.2) is 0 Å². The van der Waals surface area contributed by atoms with E-state index in [4.69, 9.17) is 16.0 Å². The van der Waals surface area contributed by atoms with Crippen LogP contribution in [0.15, 0.2) is 59.3 Å². The molecular formula is C20H18ClN3O2. The van der Waals surface area contributed by atoms with Gasteiger partial charge in [-0.05, 0) is 42.7 Å². The second kappa shape index (κ2) is 7.30. The molecule has 0 N–H and O–H groups in total. The average Bonchev–Trinajstić information content (AvgIpc) is 3.31. The molecule has 26 heavy (non-hydrogen) atoms. The lowest BCUT2D eigenvalue weighted by molar-refractivity contribution is 0.0708. The first-order valence-electron chi connectivity index (χ1n) is 8.62. The number of carbonyl (C=O) groups excluding carboxylic acids is 1. The predicted molar refractivity (Wildman–Crippen MR) is 98.0 cm³/mol. The third kappa shape index (κ3) is 3.48. The van der Waals surface area contributed by atoms with Gasteiger partial charge in [-0.15, -0.1) is 0 Å². The van der Waals surface area contributed by atoms with E-state index in [1.807, 2.05) is 30.3 Å². The summed E-state index contributed by atoms with van der Waals surface area (Å²) in [6, 6.07) is 12.9. The van der Waals surface area contributed by atoms with Crippen molar-refractivity contribution in [1.82, 2.24) is 14.9 Å². The first kappa shape index (κ1) is 16.8. The fraction of sp³-hybridized carbons (Fsp3) is 0.250. The molecule has 4 rings (SSSR count). The number of aromatic nitrogens is 2. The molecular weight excluding hydrogens is 350 g/mol. The zero-order valence-corrected chi connectivity index (χ0v) is 14.9. The van der Waals surface area contributed by atoms with Gasteiger partial charge in [0.25, 0.3) is 5.91 Å². The van der Waals surface area contributed by atoms with Crippen molar-refractivity contribution < 1.29 is 9.21 Å². The van der Waals surface area contributed by atoms with Crippen molar-refractivity contribution in [3.05, 3.63) is 82.8 Å². The summed E-state index contributed by atoms with van der Waals surface area (Å²) in [5.41, 5.74) is 1.51. The molecule has 2 aromatic heterocycles. The number of oxazole rings is 1. The molecule has 3 aromatic rings. The number of benzene rings is 1. The van der Waals surface area contributed by atoms with Gasteiger partial charge >= 0.3 is 0 Å². The number of nitrogens with zero attached hydrogens (tertiary/aromatic N) is 3. The molecule has 1 aromatic carbocycles. The minimum absolute atomic E-state index is 0.0808. The summed E-state index contributed by atoms with van der Waals surface area (Å²) in [6.45, 7) is 0.687. The first-order valence-corrected chi connectivity index (χ1v) is 8.99. The molecule has 0 aliphatic carbocycles. The molecule has 1 aliphatic rings. The van der Waals surface area contributed by atoms with E-state index in [2.05, 4.69) is 9.97 Å². The zero-order valence-electron chi connectivity index (χ0n) is 14.1. The fourth-order valence-electron chi connectivity index (χ4n) is 3.31. The highest BCUT2D eigenvalue weighted by molar-refractivity contribution is 6.30. The second-order valence-corrected chi connectivity index (χ2v) is 6.78. The summed E-state index contributed by atoms with van der Waals surface area (Å²) in [4.78, 5) is 23.1. The second-order valence-electron chi connectivity index (χ2n) is 6.34. The number of pyridine rings is 1. The highest BCUT2D eigenvalue weighted by Gasteiger charge is 2.34. The highest BCUT2D eigenvalue weighted by atomic mass is 35.5. The number of rotatable bonds is 4. The van der Waals surface area contributed by atoms with Crippen molar-refractivity contribution in [3.8, 4) is 0 Å². The molecule has 0 unspecified atom stereocenters. The Morgan fingerprint density at radius 3 is 2.96 bits per heavy atom. The zero-order chi connectivity index (χ0) is 17.9. The van der Waals surface area contributed by atoms with E-state index < -0.39 is 0 Å². The molecule has 1 amide bonds. The van der Waals surface area contributed by atoms with Crippen LogP contribution >= 0.6 is 11.6 Å². The van der Waals surface area contributed by atoms with Gasteiger partial charge in [0, 0.05) is 24.2 Å². The lowest BCUT2D eigenvalue weighted by Crippen LogP contribution is -2.31. The summed E-state index contributed by atoms with van der Waals surface area (Å²) in [7, 11) is 0. The van der Waals surface area contributed by atoms with Crippen LogP contribution in [-0.2, 0) is 6.42 Å². The van der Waals surface area contributed by atoms with Gasteiger partial charge in [-0.25, -0.2) is 4.98 Å². The molecule has 3 heterocycles. The van der Waals surface area contributed by atoms with Gasteiger partial charge < -0.3 is 9.32 Å². The molecule has 0 radical (unpaired) electrons. The topological polar surface area (TPSA) is 59.2 Å². The maximum atomic E-state index is 12.7. The average molecular weight is 368 g/mol. The van der Waals surface area contributed by atoms with Crippen LogP contribution in [0.5, 0.6) is 0 Å². The maximum Gasteiger partial charge on any atom is 0.273 e. The molecule has 1 fully saturated rings. The van der Waals surface area contributed by atoms with Gasteiger partial charge in [-0.1, -0.05) is 29.8 Å². The van der Waals surface area contributed by atoms with E-state index in [0.717, 1.165) is 24.2 Å². The molecule has 0 spiro atoms. The van der Waals surface area contributed by atoms with Gasteiger partial charge in [-0.3, -0.25) is 9.78 Å². The molecule has 1 saturated heterocycles. The van der Waals surface area contributed by atoms with Crippen molar-refractivity contribution in [2.75, 3.05) is 6.54 Å². The lowest BCUT2D eigenvalue weighted by Gasteiger charge is -2.21. The Balaban J connectivity index is 1.52. The number of amides is 1. The summed E-state index contributed by atoms with van der Waals surface area (Å²) in [5.74, 6) is 1.27. The van der Waals surface area contributed by atoms with Gasteiger partial charge in [0.2, 0.25) is 5.89 Å². The number of hydrogen-bond donors (Lipinski definition) is 0. The Bertz CT molecular complexity index is 910. The van der Waals surface area contributed by atoms with Crippen molar-refractivity contribution in [3.63, 3.8) is 0 Å². The Hall–Kier alpha value is -2.66. The van der Waals surface area contributed by atoms with Gasteiger partial charge in [0.05, 0.1) is 6.20 Å². The minimum atomic E-state index is -0.141. The quantitative estimate of drug-likeness (QED) is 0.690. The number of hydrogen-bond acceptors (Lipinski definition) is 4. The van der Waals surface area contributed by atoms with E-state index in [9.17, 15) is 4.79 Å². The molecule has 0 bridgehead atoms. The fourth-order valence-corrected chi connectivity index (χ4v) is 3.52. The smallest absolute Gasteiger partial charge is 0.273 e. The van der Waals surface area contributed by atoms with Crippen molar-refractivity contribution in [2.24, 2.45) is 0 Å². The van der Waals surface area contributed by atoms with E-state index in [1.165, 1.54) is 0 Å². The first-order chi connectivity index (χ1) is 12.7. The molecule has 5 nitrogen and oxygen atoms in total. The lowest BCUT2D eigenvalue weighted by atomic mass is 10.1. The molecule has 132 valence electrons. The van der Waals surface area contributed by atoms with Crippen LogP contribution < -0.4 is 0 Å². The Morgan fingerprint density at radius 2 is 2.15 bits per heavy atom. The van der Waals surface area contributed by atoms with E-state index >= 15 is 0 Å². The normalized spacial score (nSPS) is 16.8. The maximum absolute atomic E-state index is 12.7. The monoisotopic (exact) mass is 367 g/mol. The standard InChI is InChI=1S/C20H18ClN3O2/c21-15-6-3-5-14(11-15)12-16-13-23-19(26-16)18-8-4-10-24(18)20(25)17-7-1-2-9-22-17/h1-3,5-7,9,11,13,18H,4,8,10,12H2/t18-/m1/s1. The van der Waals surface area contributed by atoms with Crippen molar-refractivity contribution in [2.45, 2.75) is 25.3 Å². The number of carbonyl (C=O) groups is 1. The van der Waals surface area contributed by atoms with Crippen LogP contribution in [0.25, 0.3) is 0 Å². The summed E-state index contributed by atoms with van der Waals surface area (Å²) in [5, 5.41) is 0.699. The molecule has 1 atom stereocenters. The summed E-state index contributed by atoms with van der Waals surface area (Å²) in [6.07, 6.45) is 5.75. The minimum Gasteiger partial charge on any atom is -0.443 e.